The van der Waals surface area contributed by atoms with Gasteiger partial charge in [-0.25, -0.2) is 4.39 Å². The Morgan fingerprint density at radius 2 is 2.18 bits per heavy atom. The van der Waals surface area contributed by atoms with Crippen LogP contribution in [0.4, 0.5) is 4.39 Å². The highest BCUT2D eigenvalue weighted by Crippen LogP contribution is 2.26. The molecule has 0 saturated heterocycles. The Labute approximate surface area is 65.4 Å². The summed E-state index contributed by atoms with van der Waals surface area (Å²) in [6.07, 6.45) is 2.82. The van der Waals surface area contributed by atoms with Gasteiger partial charge in [0.05, 0.1) is 0 Å². The lowest BCUT2D eigenvalue weighted by Gasteiger charge is -1.98. The van der Waals surface area contributed by atoms with E-state index in [2.05, 4.69) is 0 Å². The minimum absolute atomic E-state index is 0.0735. The highest BCUT2D eigenvalue weighted by molar-refractivity contribution is 5.63. The van der Waals surface area contributed by atoms with Crippen LogP contribution in [0.25, 0.3) is 6.08 Å². The van der Waals surface area contributed by atoms with Crippen molar-refractivity contribution in [3.05, 3.63) is 40.7 Å². The summed E-state index contributed by atoms with van der Waals surface area (Å²) in [6, 6.07) is 5.23. The van der Waals surface area contributed by atoms with Crippen LogP contribution in [0.5, 0.6) is 0 Å². The van der Waals surface area contributed by atoms with Gasteiger partial charge in [-0.05, 0) is 30.5 Å². The Morgan fingerprint density at radius 1 is 1.36 bits per heavy atom. The first-order valence-electron chi connectivity index (χ1n) is 3.72. The predicted molar refractivity (Wildman–Crippen MR) is 43.8 cm³/mol. The van der Waals surface area contributed by atoms with Crippen molar-refractivity contribution in [3.8, 4) is 0 Å². The fourth-order valence-electron chi connectivity index (χ4n) is 1.49. The molecular formula is C10H9F. The average Bonchev–Trinajstić information content (AvgIpc) is 2.31. The van der Waals surface area contributed by atoms with Gasteiger partial charge in [0, 0.05) is 0 Å². The summed E-state index contributed by atoms with van der Waals surface area (Å²) in [5.41, 5.74) is 3.14. The standard InChI is InChI=1S/C10H9F/c1-7-5-8-3-2-4-10(11)9(8)6-7/h2-5H,6H2,1H3. The molecule has 0 nitrogen and oxygen atoms in total. The Morgan fingerprint density at radius 3 is 2.91 bits per heavy atom. The van der Waals surface area contributed by atoms with Crippen LogP contribution < -0.4 is 0 Å². The molecule has 56 valence electrons. The van der Waals surface area contributed by atoms with Gasteiger partial charge in [-0.1, -0.05) is 23.8 Å². The third kappa shape index (κ3) is 0.967. The zero-order chi connectivity index (χ0) is 7.84. The normalized spacial score (nSPS) is 14.5. The van der Waals surface area contributed by atoms with Crippen molar-refractivity contribution < 1.29 is 4.39 Å². The molecule has 0 radical (unpaired) electrons. The second kappa shape index (κ2) is 2.19. The molecule has 0 heterocycles. The van der Waals surface area contributed by atoms with E-state index in [0.717, 1.165) is 17.5 Å². The lowest BCUT2D eigenvalue weighted by atomic mass is 10.1. The maximum atomic E-state index is 13.0. The van der Waals surface area contributed by atoms with E-state index < -0.39 is 0 Å². The molecule has 1 aromatic rings. The Balaban J connectivity index is 2.59. The number of allylic oxidation sites excluding steroid dienone is 1. The molecule has 1 aromatic carbocycles. The molecule has 0 unspecified atom stereocenters. The van der Waals surface area contributed by atoms with Crippen LogP contribution >= 0.6 is 0 Å². The van der Waals surface area contributed by atoms with E-state index in [0.29, 0.717) is 0 Å². The number of hydrogen-bond acceptors (Lipinski definition) is 0. The highest BCUT2D eigenvalue weighted by Gasteiger charge is 2.12. The van der Waals surface area contributed by atoms with Crippen molar-refractivity contribution in [1.82, 2.24) is 0 Å². The van der Waals surface area contributed by atoms with Crippen molar-refractivity contribution in [3.63, 3.8) is 0 Å². The Bertz CT molecular complexity index is 324. The molecule has 1 aliphatic rings. The van der Waals surface area contributed by atoms with Crippen LogP contribution in [-0.4, -0.2) is 0 Å². The molecule has 1 aliphatic carbocycles. The zero-order valence-electron chi connectivity index (χ0n) is 6.39. The van der Waals surface area contributed by atoms with Gasteiger partial charge in [-0.15, -0.1) is 0 Å². The van der Waals surface area contributed by atoms with Crippen molar-refractivity contribution >= 4 is 6.08 Å². The van der Waals surface area contributed by atoms with Crippen LogP contribution in [0.2, 0.25) is 0 Å². The SMILES string of the molecule is CC1=Cc2cccc(F)c2C1. The van der Waals surface area contributed by atoms with Gasteiger partial charge in [0.15, 0.2) is 0 Å². The van der Waals surface area contributed by atoms with Gasteiger partial charge in [0.2, 0.25) is 0 Å². The van der Waals surface area contributed by atoms with Crippen molar-refractivity contribution in [1.29, 1.82) is 0 Å². The third-order valence-electron chi connectivity index (χ3n) is 2.01. The largest absolute Gasteiger partial charge is 0.207 e. The number of rotatable bonds is 0. The molecule has 0 N–H and O–H groups in total. The molecule has 0 saturated carbocycles. The van der Waals surface area contributed by atoms with Crippen molar-refractivity contribution in [2.45, 2.75) is 13.3 Å². The first-order valence-corrected chi connectivity index (χ1v) is 3.72. The summed E-state index contributed by atoms with van der Waals surface area (Å²) in [5, 5.41) is 0. The number of halogens is 1. The van der Waals surface area contributed by atoms with Crippen LogP contribution in [0, 0.1) is 5.82 Å². The summed E-state index contributed by atoms with van der Waals surface area (Å²) in [7, 11) is 0. The van der Waals surface area contributed by atoms with Gasteiger partial charge in [-0.2, -0.15) is 0 Å². The molecule has 0 amide bonds. The van der Waals surface area contributed by atoms with E-state index in [9.17, 15) is 4.39 Å². The molecule has 0 fully saturated rings. The Kier molecular flexibility index (Phi) is 1.31. The van der Waals surface area contributed by atoms with E-state index in [1.165, 1.54) is 11.6 Å². The molecule has 11 heavy (non-hydrogen) atoms. The second-order valence-corrected chi connectivity index (χ2v) is 2.98. The minimum atomic E-state index is -0.0735. The molecule has 0 spiro atoms. The van der Waals surface area contributed by atoms with Gasteiger partial charge < -0.3 is 0 Å². The molecule has 2 rings (SSSR count). The first kappa shape index (κ1) is 6.59. The van der Waals surface area contributed by atoms with E-state index in [4.69, 9.17) is 0 Å². The van der Waals surface area contributed by atoms with Crippen LogP contribution in [0.3, 0.4) is 0 Å². The van der Waals surface area contributed by atoms with E-state index in [1.54, 1.807) is 6.07 Å². The molecule has 1 heteroatoms. The molecule has 0 atom stereocenters. The fraction of sp³-hybridized carbons (Fsp3) is 0.200. The lowest BCUT2D eigenvalue weighted by Crippen LogP contribution is -1.87. The minimum Gasteiger partial charge on any atom is -0.207 e. The average molecular weight is 148 g/mol. The summed E-state index contributed by atoms with van der Waals surface area (Å²) < 4.78 is 13.0. The highest BCUT2D eigenvalue weighted by atomic mass is 19.1. The first-order chi connectivity index (χ1) is 5.27. The summed E-state index contributed by atoms with van der Waals surface area (Å²) in [4.78, 5) is 0. The molecule has 0 aliphatic heterocycles. The van der Waals surface area contributed by atoms with Gasteiger partial charge in [0.25, 0.3) is 0 Å². The molecular weight excluding hydrogens is 139 g/mol. The van der Waals surface area contributed by atoms with Crippen LogP contribution in [0.15, 0.2) is 23.8 Å². The summed E-state index contributed by atoms with van der Waals surface area (Å²) in [5.74, 6) is -0.0735. The maximum Gasteiger partial charge on any atom is 0.127 e. The maximum absolute atomic E-state index is 13.0. The third-order valence-corrected chi connectivity index (χ3v) is 2.01. The summed E-state index contributed by atoms with van der Waals surface area (Å²) in [6.45, 7) is 2.03. The predicted octanol–water partition coefficient (Wildman–Crippen LogP) is 2.79. The number of benzene rings is 1. The van der Waals surface area contributed by atoms with E-state index in [1.807, 2.05) is 19.1 Å². The second-order valence-electron chi connectivity index (χ2n) is 2.98. The topological polar surface area (TPSA) is 0 Å². The lowest BCUT2D eigenvalue weighted by molar-refractivity contribution is 0.614. The molecule has 0 bridgehead atoms. The Hall–Kier alpha value is -1.11. The molecule has 0 aromatic heterocycles. The van der Waals surface area contributed by atoms with E-state index in [-0.39, 0.29) is 5.82 Å². The fourth-order valence-corrected chi connectivity index (χ4v) is 1.49. The zero-order valence-corrected chi connectivity index (χ0v) is 6.39. The smallest absolute Gasteiger partial charge is 0.127 e. The number of fused-ring (bicyclic) bond motifs is 1. The van der Waals surface area contributed by atoms with Gasteiger partial charge >= 0.3 is 0 Å². The van der Waals surface area contributed by atoms with Crippen molar-refractivity contribution in [2.24, 2.45) is 0 Å². The van der Waals surface area contributed by atoms with Crippen LogP contribution in [0.1, 0.15) is 18.1 Å². The van der Waals surface area contributed by atoms with Gasteiger partial charge in [-0.3, -0.25) is 0 Å². The van der Waals surface area contributed by atoms with Crippen molar-refractivity contribution in [2.75, 3.05) is 0 Å². The van der Waals surface area contributed by atoms with E-state index >= 15 is 0 Å². The van der Waals surface area contributed by atoms with Crippen LogP contribution in [-0.2, 0) is 6.42 Å². The summed E-state index contributed by atoms with van der Waals surface area (Å²) >= 11 is 0. The quantitative estimate of drug-likeness (QED) is 0.530. The number of hydrogen-bond donors (Lipinski definition) is 0. The monoisotopic (exact) mass is 148 g/mol. The van der Waals surface area contributed by atoms with Gasteiger partial charge in [0.1, 0.15) is 5.82 Å².